The first kappa shape index (κ1) is 20.5. The first-order valence-electron chi connectivity index (χ1n) is 8.75. The molecule has 2 heterocycles. The lowest BCUT2D eigenvalue weighted by molar-refractivity contribution is -0.134. The zero-order valence-corrected chi connectivity index (χ0v) is 15.8. The topological polar surface area (TPSA) is 81.1 Å². The molecule has 0 saturated carbocycles. The van der Waals surface area contributed by atoms with Gasteiger partial charge in [-0.3, -0.25) is 4.90 Å². The number of fused-ring (bicyclic) bond motifs is 1. The number of likely N-dealkylation sites (N-methyl/N-ethyl adjacent to an activating group) is 1. The molecule has 26 heavy (non-hydrogen) atoms. The lowest BCUT2D eigenvalue weighted by atomic mass is 10.00. The highest BCUT2D eigenvalue weighted by atomic mass is 32.2. The van der Waals surface area contributed by atoms with Gasteiger partial charge >= 0.3 is 11.9 Å². The quantitative estimate of drug-likeness (QED) is 0.783. The number of rotatable bonds is 3. The van der Waals surface area contributed by atoms with Gasteiger partial charge in [0.1, 0.15) is 0 Å². The first-order chi connectivity index (χ1) is 12.5. The van der Waals surface area contributed by atoms with Gasteiger partial charge in [0, 0.05) is 49.3 Å². The Bertz CT molecular complexity index is 626. The molecule has 1 aromatic rings. The van der Waals surface area contributed by atoms with E-state index in [4.69, 9.17) is 10.2 Å². The molecule has 1 aromatic carbocycles. The lowest BCUT2D eigenvalue weighted by Crippen LogP contribution is -2.45. The second-order valence-electron chi connectivity index (χ2n) is 6.39. The number of carbonyl (C=O) groups is 2. The van der Waals surface area contributed by atoms with E-state index in [1.165, 1.54) is 49.7 Å². The Morgan fingerprint density at radius 3 is 2.31 bits per heavy atom. The van der Waals surface area contributed by atoms with Crippen LogP contribution in [0.2, 0.25) is 0 Å². The Morgan fingerprint density at radius 2 is 1.69 bits per heavy atom. The largest absolute Gasteiger partial charge is 0.478 e. The van der Waals surface area contributed by atoms with Crippen molar-refractivity contribution in [3.05, 3.63) is 42.0 Å². The van der Waals surface area contributed by atoms with E-state index < -0.39 is 11.9 Å². The highest BCUT2D eigenvalue weighted by Crippen LogP contribution is 2.37. The van der Waals surface area contributed by atoms with E-state index in [1.807, 2.05) is 11.8 Å². The normalized spacial score (nSPS) is 21.3. The summed E-state index contributed by atoms with van der Waals surface area (Å²) < 4.78 is 0. The summed E-state index contributed by atoms with van der Waals surface area (Å²) in [5.41, 5.74) is 1.57. The zero-order chi connectivity index (χ0) is 18.9. The van der Waals surface area contributed by atoms with Crippen LogP contribution < -0.4 is 0 Å². The number of hydrogen-bond acceptors (Lipinski definition) is 5. The number of hydrogen-bond donors (Lipinski definition) is 2. The second-order valence-corrected chi connectivity index (χ2v) is 7.53. The Hall–Kier alpha value is -1.83. The third-order valence-corrected chi connectivity index (χ3v) is 5.68. The van der Waals surface area contributed by atoms with Crippen LogP contribution in [0.15, 0.2) is 41.3 Å². The molecule has 1 saturated heterocycles. The summed E-state index contributed by atoms with van der Waals surface area (Å²) in [6, 6.07) is 9.68. The predicted octanol–water partition coefficient (Wildman–Crippen LogP) is 2.57. The molecule has 1 atom stereocenters. The van der Waals surface area contributed by atoms with Gasteiger partial charge in [-0.1, -0.05) is 18.2 Å². The molecule has 3 rings (SSSR count). The molecule has 0 radical (unpaired) electrons. The second kappa shape index (κ2) is 10.4. The van der Waals surface area contributed by atoms with E-state index in [1.54, 1.807) is 5.56 Å². The maximum Gasteiger partial charge on any atom is 0.328 e. The van der Waals surface area contributed by atoms with Gasteiger partial charge < -0.3 is 15.1 Å². The Morgan fingerprint density at radius 1 is 1.08 bits per heavy atom. The predicted molar refractivity (Wildman–Crippen MR) is 103 cm³/mol. The zero-order valence-electron chi connectivity index (χ0n) is 15.0. The summed E-state index contributed by atoms with van der Waals surface area (Å²) in [7, 11) is 2.23. The Balaban J connectivity index is 0.000000260. The van der Waals surface area contributed by atoms with Crippen molar-refractivity contribution in [3.63, 3.8) is 0 Å². The summed E-state index contributed by atoms with van der Waals surface area (Å²) in [5, 5.41) is 15.6. The first-order valence-corrected chi connectivity index (χ1v) is 9.74. The van der Waals surface area contributed by atoms with Crippen molar-refractivity contribution in [2.24, 2.45) is 0 Å². The highest BCUT2D eigenvalue weighted by molar-refractivity contribution is 7.99. The van der Waals surface area contributed by atoms with E-state index in [-0.39, 0.29) is 0 Å². The third kappa shape index (κ3) is 6.48. The smallest absolute Gasteiger partial charge is 0.328 e. The number of benzene rings is 1. The molecule has 2 N–H and O–H groups in total. The minimum atomic E-state index is -1.26. The fourth-order valence-corrected chi connectivity index (χ4v) is 4.23. The molecule has 0 amide bonds. The highest BCUT2D eigenvalue weighted by Gasteiger charge is 2.26. The van der Waals surface area contributed by atoms with Crippen molar-refractivity contribution in [2.75, 3.05) is 39.0 Å². The van der Waals surface area contributed by atoms with E-state index in [9.17, 15) is 9.59 Å². The van der Waals surface area contributed by atoms with Crippen molar-refractivity contribution in [2.45, 2.75) is 23.8 Å². The van der Waals surface area contributed by atoms with Crippen LogP contribution in [0.1, 0.15) is 24.4 Å². The fourth-order valence-electron chi connectivity index (χ4n) is 3.16. The lowest BCUT2D eigenvalue weighted by Gasteiger charge is -2.38. The molecular formula is C19H26N2O4S. The molecule has 2 aliphatic rings. The van der Waals surface area contributed by atoms with E-state index in [0.717, 1.165) is 0 Å². The third-order valence-electron chi connectivity index (χ3n) is 4.50. The van der Waals surface area contributed by atoms with Gasteiger partial charge in [-0.25, -0.2) is 9.59 Å². The molecule has 0 aromatic heterocycles. The van der Waals surface area contributed by atoms with Crippen molar-refractivity contribution in [3.8, 4) is 0 Å². The van der Waals surface area contributed by atoms with Gasteiger partial charge in [0.2, 0.25) is 0 Å². The maximum absolute atomic E-state index is 9.55. The number of aliphatic carboxylic acids is 2. The van der Waals surface area contributed by atoms with E-state index in [0.29, 0.717) is 18.2 Å². The van der Waals surface area contributed by atoms with Gasteiger partial charge in [-0.2, -0.15) is 0 Å². The Labute approximate surface area is 158 Å². The summed E-state index contributed by atoms with van der Waals surface area (Å²) in [6.45, 7) is 4.87. The van der Waals surface area contributed by atoms with Gasteiger partial charge in [-0.05, 0) is 37.3 Å². The van der Waals surface area contributed by atoms with Crippen LogP contribution >= 0.6 is 11.8 Å². The maximum atomic E-state index is 9.55. The molecule has 2 aliphatic heterocycles. The van der Waals surface area contributed by atoms with Crippen LogP contribution in [-0.2, 0) is 9.59 Å². The van der Waals surface area contributed by atoms with Crippen molar-refractivity contribution in [1.82, 2.24) is 9.80 Å². The average molecular weight is 378 g/mol. The van der Waals surface area contributed by atoms with Crippen LogP contribution in [0.4, 0.5) is 0 Å². The van der Waals surface area contributed by atoms with Gasteiger partial charge in [-0.15, -0.1) is 11.8 Å². The summed E-state index contributed by atoms with van der Waals surface area (Å²) in [6.07, 6.45) is 3.79. The molecule has 1 unspecified atom stereocenters. The SMILES string of the molecule is CN1CCN(C2CCCSc3ccccc32)CC1.O=C(O)/C=C\C(=O)O. The fraction of sp³-hybridized carbons (Fsp3) is 0.474. The van der Waals surface area contributed by atoms with Gasteiger partial charge in [0.25, 0.3) is 0 Å². The average Bonchev–Trinajstić information content (AvgIpc) is 2.84. The molecular weight excluding hydrogens is 352 g/mol. The molecule has 142 valence electrons. The van der Waals surface area contributed by atoms with E-state index >= 15 is 0 Å². The number of thioether (sulfide) groups is 1. The minimum absolute atomic E-state index is 0.558. The molecule has 1 fully saturated rings. The molecule has 0 bridgehead atoms. The molecule has 0 spiro atoms. The molecule has 7 heteroatoms. The van der Waals surface area contributed by atoms with Crippen LogP contribution in [0.3, 0.4) is 0 Å². The monoisotopic (exact) mass is 378 g/mol. The molecule has 0 aliphatic carbocycles. The van der Waals surface area contributed by atoms with Crippen molar-refractivity contribution in [1.29, 1.82) is 0 Å². The summed E-state index contributed by atoms with van der Waals surface area (Å²) >= 11 is 2.04. The van der Waals surface area contributed by atoms with Crippen molar-refractivity contribution < 1.29 is 19.8 Å². The minimum Gasteiger partial charge on any atom is -0.478 e. The number of carboxylic acid groups (broad SMARTS) is 2. The summed E-state index contributed by atoms with van der Waals surface area (Å²) in [4.78, 5) is 25.8. The number of carboxylic acids is 2. The standard InChI is InChI=1S/C15H22N2S.C4H4O4/c1-16-8-10-17(11-9-16)14-6-4-12-18-15-7-3-2-5-13(14)15;5-3(6)1-2-4(7)8/h2-3,5,7,14H,4,6,8-12H2,1H3;1-2H,(H,5,6)(H,7,8)/b;2-1-. The Kier molecular flexibility index (Phi) is 8.15. The van der Waals surface area contributed by atoms with Crippen molar-refractivity contribution >= 4 is 23.7 Å². The van der Waals surface area contributed by atoms with Crippen LogP contribution in [0.5, 0.6) is 0 Å². The van der Waals surface area contributed by atoms with E-state index in [2.05, 4.69) is 41.1 Å². The number of nitrogens with zero attached hydrogens (tertiary/aromatic N) is 2. The molecule has 6 nitrogen and oxygen atoms in total. The summed E-state index contributed by atoms with van der Waals surface area (Å²) in [5.74, 6) is -1.24. The van der Waals surface area contributed by atoms with Crippen LogP contribution in [0.25, 0.3) is 0 Å². The van der Waals surface area contributed by atoms with Crippen LogP contribution in [0, 0.1) is 0 Å². The van der Waals surface area contributed by atoms with Crippen LogP contribution in [-0.4, -0.2) is 70.9 Å². The van der Waals surface area contributed by atoms with Gasteiger partial charge in [0.05, 0.1) is 0 Å². The van der Waals surface area contributed by atoms with Gasteiger partial charge in [0.15, 0.2) is 0 Å². The number of piperazine rings is 1.